The second kappa shape index (κ2) is 5.34. The Hall–Kier alpha value is -0.970. The van der Waals surface area contributed by atoms with Gasteiger partial charge < -0.3 is 4.74 Å². The van der Waals surface area contributed by atoms with E-state index in [1.807, 2.05) is 12.3 Å². The van der Waals surface area contributed by atoms with Crippen LogP contribution in [0.5, 0.6) is 0 Å². The molecule has 1 atom stereocenters. The fourth-order valence-corrected chi connectivity index (χ4v) is 4.25. The van der Waals surface area contributed by atoms with E-state index in [2.05, 4.69) is 44.0 Å². The Morgan fingerprint density at radius 3 is 3.14 bits per heavy atom. The minimum Gasteiger partial charge on any atom is -0.381 e. The summed E-state index contributed by atoms with van der Waals surface area (Å²) in [7, 11) is 0. The molecule has 2 saturated heterocycles. The van der Waals surface area contributed by atoms with Crippen LogP contribution in [0.4, 0.5) is 0 Å². The van der Waals surface area contributed by atoms with Crippen LogP contribution < -0.4 is 0 Å². The molecule has 2 aromatic rings. The van der Waals surface area contributed by atoms with Crippen molar-refractivity contribution in [1.82, 2.24) is 9.88 Å². The molecule has 0 bridgehead atoms. The lowest BCUT2D eigenvalue weighted by molar-refractivity contribution is 0.151. The minimum absolute atomic E-state index is 0.426. The number of nitrogens with zero attached hydrogens (tertiary/aromatic N) is 2. The SMILES string of the molecule is Brc1cc(CN2CCC3(CCOC3)C2)c2ncccc2c1. The lowest BCUT2D eigenvalue weighted by Gasteiger charge is -2.22. The highest BCUT2D eigenvalue weighted by molar-refractivity contribution is 9.10. The van der Waals surface area contributed by atoms with Crippen LogP contribution in [0.25, 0.3) is 10.9 Å². The van der Waals surface area contributed by atoms with Gasteiger partial charge in [0.15, 0.2) is 0 Å². The molecule has 2 aliphatic rings. The number of aromatic nitrogens is 1. The van der Waals surface area contributed by atoms with Crippen LogP contribution in [0.3, 0.4) is 0 Å². The highest BCUT2D eigenvalue weighted by atomic mass is 79.9. The van der Waals surface area contributed by atoms with E-state index in [0.29, 0.717) is 5.41 Å². The van der Waals surface area contributed by atoms with Crippen molar-refractivity contribution in [2.24, 2.45) is 5.41 Å². The highest BCUT2D eigenvalue weighted by Gasteiger charge is 2.41. The Bertz CT molecular complexity index is 667. The zero-order valence-corrected chi connectivity index (χ0v) is 13.6. The molecule has 1 aromatic heterocycles. The number of pyridine rings is 1. The van der Waals surface area contributed by atoms with Crippen molar-refractivity contribution in [1.29, 1.82) is 0 Å². The van der Waals surface area contributed by atoms with Crippen molar-refractivity contribution < 1.29 is 4.74 Å². The van der Waals surface area contributed by atoms with Gasteiger partial charge in [0.25, 0.3) is 0 Å². The van der Waals surface area contributed by atoms with E-state index < -0.39 is 0 Å². The summed E-state index contributed by atoms with van der Waals surface area (Å²) in [6.45, 7) is 5.20. The zero-order chi connectivity index (χ0) is 14.3. The fourth-order valence-electron chi connectivity index (χ4n) is 3.72. The number of benzene rings is 1. The number of hydrogen-bond donors (Lipinski definition) is 0. The topological polar surface area (TPSA) is 25.4 Å². The highest BCUT2D eigenvalue weighted by Crippen LogP contribution is 2.39. The molecule has 1 unspecified atom stereocenters. The Morgan fingerprint density at radius 1 is 1.33 bits per heavy atom. The summed E-state index contributed by atoms with van der Waals surface area (Å²) in [5, 5.41) is 1.21. The van der Waals surface area contributed by atoms with E-state index in [0.717, 1.165) is 36.3 Å². The maximum Gasteiger partial charge on any atom is 0.0747 e. The number of likely N-dealkylation sites (tertiary alicyclic amines) is 1. The molecule has 21 heavy (non-hydrogen) atoms. The third kappa shape index (κ3) is 2.60. The van der Waals surface area contributed by atoms with Gasteiger partial charge in [0, 0.05) is 41.2 Å². The van der Waals surface area contributed by atoms with E-state index >= 15 is 0 Å². The lowest BCUT2D eigenvalue weighted by Crippen LogP contribution is -2.27. The van der Waals surface area contributed by atoms with Crippen LogP contribution >= 0.6 is 15.9 Å². The quantitative estimate of drug-likeness (QED) is 0.830. The molecular weight excluding hydrogens is 328 g/mol. The maximum absolute atomic E-state index is 5.62. The molecule has 3 nitrogen and oxygen atoms in total. The molecule has 2 fully saturated rings. The number of hydrogen-bond acceptors (Lipinski definition) is 3. The standard InChI is InChI=1S/C17H19BrN2O/c18-15-8-13-2-1-5-19-16(13)14(9-15)10-20-6-3-17(11-20)4-7-21-12-17/h1-2,5,8-9H,3-4,6-7,10-12H2. The molecule has 0 saturated carbocycles. The van der Waals surface area contributed by atoms with Gasteiger partial charge in [0.05, 0.1) is 12.1 Å². The zero-order valence-electron chi connectivity index (χ0n) is 12.0. The molecule has 110 valence electrons. The van der Waals surface area contributed by atoms with Gasteiger partial charge in [-0.05, 0) is 43.1 Å². The monoisotopic (exact) mass is 346 g/mol. The summed E-state index contributed by atoms with van der Waals surface area (Å²) in [4.78, 5) is 7.14. The Balaban J connectivity index is 1.60. The molecule has 4 rings (SSSR count). The average Bonchev–Trinajstić information content (AvgIpc) is 3.09. The van der Waals surface area contributed by atoms with Crippen LogP contribution in [0, 0.1) is 5.41 Å². The summed E-state index contributed by atoms with van der Waals surface area (Å²) < 4.78 is 6.76. The minimum atomic E-state index is 0.426. The first-order valence-corrected chi connectivity index (χ1v) is 8.37. The predicted molar refractivity (Wildman–Crippen MR) is 87.2 cm³/mol. The van der Waals surface area contributed by atoms with Crippen molar-refractivity contribution in [2.45, 2.75) is 19.4 Å². The van der Waals surface area contributed by atoms with Gasteiger partial charge >= 0.3 is 0 Å². The van der Waals surface area contributed by atoms with Gasteiger partial charge in [-0.3, -0.25) is 9.88 Å². The first-order chi connectivity index (χ1) is 10.2. The molecule has 1 aromatic carbocycles. The van der Waals surface area contributed by atoms with Gasteiger partial charge in [-0.15, -0.1) is 0 Å². The second-order valence-corrected chi connectivity index (χ2v) is 7.32. The van der Waals surface area contributed by atoms with Crippen molar-refractivity contribution in [3.8, 4) is 0 Å². The molecule has 0 radical (unpaired) electrons. The third-order valence-corrected chi connectivity index (χ3v) is 5.30. The van der Waals surface area contributed by atoms with Crippen LogP contribution in [-0.2, 0) is 11.3 Å². The Morgan fingerprint density at radius 2 is 2.29 bits per heavy atom. The maximum atomic E-state index is 5.62. The van der Waals surface area contributed by atoms with Crippen LogP contribution in [0.1, 0.15) is 18.4 Å². The first kappa shape index (κ1) is 13.7. The summed E-state index contributed by atoms with van der Waals surface area (Å²) in [6.07, 6.45) is 4.38. The molecule has 0 N–H and O–H groups in total. The number of ether oxygens (including phenoxy) is 1. The number of rotatable bonds is 2. The van der Waals surface area contributed by atoms with E-state index in [1.165, 1.54) is 30.3 Å². The van der Waals surface area contributed by atoms with Gasteiger partial charge in [-0.25, -0.2) is 0 Å². The Labute approximate surface area is 133 Å². The van der Waals surface area contributed by atoms with Gasteiger partial charge in [0.2, 0.25) is 0 Å². The molecule has 0 aliphatic carbocycles. The number of halogens is 1. The van der Waals surface area contributed by atoms with Crippen molar-refractivity contribution in [3.63, 3.8) is 0 Å². The number of fused-ring (bicyclic) bond motifs is 1. The van der Waals surface area contributed by atoms with Crippen LogP contribution in [-0.4, -0.2) is 36.2 Å². The summed E-state index contributed by atoms with van der Waals surface area (Å²) in [5.74, 6) is 0. The largest absolute Gasteiger partial charge is 0.381 e. The van der Waals surface area contributed by atoms with E-state index in [9.17, 15) is 0 Å². The predicted octanol–water partition coefficient (Wildman–Crippen LogP) is 3.61. The average molecular weight is 347 g/mol. The smallest absolute Gasteiger partial charge is 0.0747 e. The molecule has 0 amide bonds. The van der Waals surface area contributed by atoms with E-state index in [4.69, 9.17) is 4.74 Å². The van der Waals surface area contributed by atoms with E-state index in [1.54, 1.807) is 0 Å². The summed E-state index contributed by atoms with van der Waals surface area (Å²) in [6, 6.07) is 8.49. The fraction of sp³-hybridized carbons (Fsp3) is 0.471. The molecule has 3 heterocycles. The van der Waals surface area contributed by atoms with Crippen molar-refractivity contribution in [2.75, 3.05) is 26.3 Å². The van der Waals surface area contributed by atoms with Crippen molar-refractivity contribution in [3.05, 3.63) is 40.5 Å². The van der Waals surface area contributed by atoms with Gasteiger partial charge in [-0.1, -0.05) is 22.0 Å². The third-order valence-electron chi connectivity index (χ3n) is 4.84. The first-order valence-electron chi connectivity index (χ1n) is 7.57. The van der Waals surface area contributed by atoms with Crippen LogP contribution in [0.2, 0.25) is 0 Å². The van der Waals surface area contributed by atoms with Gasteiger partial charge in [0.1, 0.15) is 0 Å². The molecule has 2 aliphatic heterocycles. The van der Waals surface area contributed by atoms with Crippen molar-refractivity contribution >= 4 is 26.8 Å². The summed E-state index contributed by atoms with van der Waals surface area (Å²) >= 11 is 3.63. The van der Waals surface area contributed by atoms with E-state index in [-0.39, 0.29) is 0 Å². The molecular formula is C17H19BrN2O. The van der Waals surface area contributed by atoms with Gasteiger partial charge in [-0.2, -0.15) is 0 Å². The lowest BCUT2D eigenvalue weighted by atomic mass is 9.87. The second-order valence-electron chi connectivity index (χ2n) is 6.40. The van der Waals surface area contributed by atoms with Crippen LogP contribution in [0.15, 0.2) is 34.9 Å². The normalized spacial score (nSPS) is 26.1. The Kier molecular flexibility index (Phi) is 3.48. The summed E-state index contributed by atoms with van der Waals surface area (Å²) in [5.41, 5.74) is 2.87. The molecule has 4 heteroatoms. The molecule has 1 spiro atoms.